The van der Waals surface area contributed by atoms with E-state index in [9.17, 15) is 4.79 Å². The predicted molar refractivity (Wildman–Crippen MR) is 109 cm³/mol. The molecule has 0 unspecified atom stereocenters. The minimum Gasteiger partial charge on any atom is -0.497 e. The molecule has 2 aromatic carbocycles. The maximum atomic E-state index is 11.8. The molecule has 0 aliphatic carbocycles. The highest BCUT2D eigenvalue weighted by Crippen LogP contribution is 2.28. The molecule has 0 aliphatic rings. The number of methoxy groups -OCH3 is 1. The highest BCUT2D eigenvalue weighted by atomic mass is 16.5. The van der Waals surface area contributed by atoms with Gasteiger partial charge in [-0.15, -0.1) is 0 Å². The summed E-state index contributed by atoms with van der Waals surface area (Å²) in [5.41, 5.74) is 10.5. The highest BCUT2D eigenvalue weighted by Gasteiger charge is 2.16. The second kappa shape index (κ2) is 8.58. The van der Waals surface area contributed by atoms with Crippen molar-refractivity contribution in [3.8, 4) is 17.0 Å². The first-order valence-corrected chi connectivity index (χ1v) is 9.28. The number of benzene rings is 2. The third-order valence-corrected chi connectivity index (χ3v) is 4.96. The molecule has 140 valence electrons. The Labute approximate surface area is 160 Å². The Morgan fingerprint density at radius 3 is 2.37 bits per heavy atom. The SMILES string of the molecule is COc1ccc(-c2cc(C(N)=O)c(C)n2CCCCc2ccccc2)cc1. The van der Waals surface area contributed by atoms with E-state index in [1.54, 1.807) is 7.11 Å². The minimum atomic E-state index is -0.384. The standard InChI is InChI=1S/C23H26N2O2/c1-17-21(23(24)26)16-22(19-11-13-20(27-2)14-12-19)25(17)15-7-6-10-18-8-4-3-5-9-18/h3-5,8-9,11-14,16H,6-7,10,15H2,1-2H3,(H2,24,26). The summed E-state index contributed by atoms with van der Waals surface area (Å²) in [5, 5.41) is 0. The summed E-state index contributed by atoms with van der Waals surface area (Å²) < 4.78 is 7.44. The van der Waals surface area contributed by atoms with Crippen molar-refractivity contribution in [1.29, 1.82) is 0 Å². The molecule has 2 N–H and O–H groups in total. The number of rotatable bonds is 8. The lowest BCUT2D eigenvalue weighted by atomic mass is 10.1. The van der Waals surface area contributed by atoms with Crippen LogP contribution in [0.2, 0.25) is 0 Å². The third kappa shape index (κ3) is 4.40. The number of hydrogen-bond acceptors (Lipinski definition) is 2. The van der Waals surface area contributed by atoms with Gasteiger partial charge in [0.15, 0.2) is 0 Å². The van der Waals surface area contributed by atoms with Gasteiger partial charge in [-0.25, -0.2) is 0 Å². The molecule has 1 amide bonds. The van der Waals surface area contributed by atoms with E-state index >= 15 is 0 Å². The van der Waals surface area contributed by atoms with Crippen LogP contribution in [0.4, 0.5) is 0 Å². The molecule has 0 radical (unpaired) electrons. The number of nitrogens with zero attached hydrogens (tertiary/aromatic N) is 1. The van der Waals surface area contributed by atoms with Gasteiger partial charge < -0.3 is 15.0 Å². The van der Waals surface area contributed by atoms with E-state index in [2.05, 4.69) is 28.8 Å². The van der Waals surface area contributed by atoms with Crippen LogP contribution in [0.1, 0.15) is 34.5 Å². The Morgan fingerprint density at radius 2 is 1.74 bits per heavy atom. The average Bonchev–Trinajstić information content (AvgIpc) is 3.03. The summed E-state index contributed by atoms with van der Waals surface area (Å²) in [7, 11) is 1.65. The number of aryl methyl sites for hydroxylation is 1. The number of nitrogens with two attached hydrogens (primary N) is 1. The molecule has 1 heterocycles. The van der Waals surface area contributed by atoms with Gasteiger partial charge >= 0.3 is 0 Å². The summed E-state index contributed by atoms with van der Waals surface area (Å²) in [5.74, 6) is 0.428. The van der Waals surface area contributed by atoms with E-state index in [4.69, 9.17) is 10.5 Å². The molecule has 0 fully saturated rings. The Kier molecular flexibility index (Phi) is 5.97. The van der Waals surface area contributed by atoms with Crippen LogP contribution >= 0.6 is 0 Å². The number of primary amides is 1. The van der Waals surface area contributed by atoms with Gasteiger partial charge in [-0.1, -0.05) is 30.3 Å². The van der Waals surface area contributed by atoms with Crippen LogP contribution in [0, 0.1) is 6.92 Å². The summed E-state index contributed by atoms with van der Waals surface area (Å²) >= 11 is 0. The number of carbonyl (C=O) groups excluding carboxylic acids is 1. The van der Waals surface area contributed by atoms with Gasteiger partial charge in [0.05, 0.1) is 12.7 Å². The van der Waals surface area contributed by atoms with Gasteiger partial charge in [0, 0.05) is 17.9 Å². The number of aromatic nitrogens is 1. The Bertz CT molecular complexity index is 896. The van der Waals surface area contributed by atoms with E-state index in [1.165, 1.54) is 5.56 Å². The average molecular weight is 362 g/mol. The largest absolute Gasteiger partial charge is 0.497 e. The molecule has 0 atom stereocenters. The molecule has 0 saturated carbocycles. The second-order valence-electron chi connectivity index (χ2n) is 6.72. The lowest BCUT2D eigenvalue weighted by molar-refractivity contribution is 0.0999. The first-order valence-electron chi connectivity index (χ1n) is 9.28. The van der Waals surface area contributed by atoms with Crippen LogP contribution in [-0.4, -0.2) is 17.6 Å². The van der Waals surface area contributed by atoms with Crippen LogP contribution in [0.5, 0.6) is 5.75 Å². The minimum absolute atomic E-state index is 0.384. The number of hydrogen-bond donors (Lipinski definition) is 1. The van der Waals surface area contributed by atoms with Crippen molar-refractivity contribution < 1.29 is 9.53 Å². The third-order valence-electron chi connectivity index (χ3n) is 4.96. The Morgan fingerprint density at radius 1 is 1.04 bits per heavy atom. The van der Waals surface area contributed by atoms with Gasteiger partial charge in [0.1, 0.15) is 5.75 Å². The van der Waals surface area contributed by atoms with Crippen molar-refractivity contribution in [3.05, 3.63) is 77.5 Å². The zero-order valence-corrected chi connectivity index (χ0v) is 15.9. The van der Waals surface area contributed by atoms with Crippen LogP contribution in [0.15, 0.2) is 60.7 Å². The number of carbonyl (C=O) groups is 1. The molecule has 0 saturated heterocycles. The number of ether oxygens (including phenoxy) is 1. The van der Waals surface area contributed by atoms with Crippen molar-refractivity contribution >= 4 is 5.91 Å². The molecule has 3 rings (SSSR count). The monoisotopic (exact) mass is 362 g/mol. The maximum absolute atomic E-state index is 11.8. The van der Waals surface area contributed by atoms with Crippen LogP contribution in [0.3, 0.4) is 0 Å². The lowest BCUT2D eigenvalue weighted by Gasteiger charge is -2.12. The number of unbranched alkanes of at least 4 members (excludes halogenated alkanes) is 1. The normalized spacial score (nSPS) is 10.7. The Hall–Kier alpha value is -3.01. The van der Waals surface area contributed by atoms with Gasteiger partial charge in [-0.3, -0.25) is 4.79 Å². The topological polar surface area (TPSA) is 57.2 Å². The lowest BCUT2D eigenvalue weighted by Crippen LogP contribution is -2.12. The van der Waals surface area contributed by atoms with Crippen molar-refractivity contribution in [1.82, 2.24) is 4.57 Å². The van der Waals surface area contributed by atoms with E-state index in [0.717, 1.165) is 48.5 Å². The fourth-order valence-corrected chi connectivity index (χ4v) is 3.43. The van der Waals surface area contributed by atoms with Gasteiger partial charge in [-0.05, 0) is 67.6 Å². The molecule has 0 bridgehead atoms. The summed E-state index contributed by atoms with van der Waals surface area (Å²) in [6.07, 6.45) is 3.18. The first kappa shape index (κ1) is 18.8. The first-order chi connectivity index (χ1) is 13.1. The summed E-state index contributed by atoms with van der Waals surface area (Å²) in [6, 6.07) is 20.3. The molecule has 4 heteroatoms. The molecule has 4 nitrogen and oxygen atoms in total. The fourth-order valence-electron chi connectivity index (χ4n) is 3.43. The summed E-state index contributed by atoms with van der Waals surface area (Å²) in [6.45, 7) is 2.82. The second-order valence-corrected chi connectivity index (χ2v) is 6.72. The van der Waals surface area contributed by atoms with E-state index in [0.29, 0.717) is 5.56 Å². The smallest absolute Gasteiger partial charge is 0.250 e. The predicted octanol–water partition coefficient (Wildman–Crippen LogP) is 4.59. The Balaban J connectivity index is 1.78. The zero-order chi connectivity index (χ0) is 19.2. The maximum Gasteiger partial charge on any atom is 0.250 e. The molecule has 3 aromatic rings. The highest BCUT2D eigenvalue weighted by molar-refractivity contribution is 5.95. The van der Waals surface area contributed by atoms with Crippen molar-refractivity contribution in [2.24, 2.45) is 5.73 Å². The molecule has 0 spiro atoms. The van der Waals surface area contributed by atoms with Gasteiger partial charge in [-0.2, -0.15) is 0 Å². The molecule has 1 aromatic heterocycles. The quantitative estimate of drug-likeness (QED) is 0.596. The number of amides is 1. The van der Waals surface area contributed by atoms with Gasteiger partial charge in [0.2, 0.25) is 0 Å². The van der Waals surface area contributed by atoms with Crippen molar-refractivity contribution in [3.63, 3.8) is 0 Å². The van der Waals surface area contributed by atoms with E-state index in [1.807, 2.05) is 43.3 Å². The molecule has 0 aliphatic heterocycles. The van der Waals surface area contributed by atoms with E-state index in [-0.39, 0.29) is 5.91 Å². The molecular formula is C23H26N2O2. The fraction of sp³-hybridized carbons (Fsp3) is 0.261. The summed E-state index contributed by atoms with van der Waals surface area (Å²) in [4.78, 5) is 11.8. The van der Waals surface area contributed by atoms with Gasteiger partial charge in [0.25, 0.3) is 5.91 Å². The molecular weight excluding hydrogens is 336 g/mol. The van der Waals surface area contributed by atoms with Crippen molar-refractivity contribution in [2.45, 2.75) is 32.7 Å². The van der Waals surface area contributed by atoms with E-state index < -0.39 is 0 Å². The van der Waals surface area contributed by atoms with Crippen LogP contribution in [0.25, 0.3) is 11.3 Å². The van der Waals surface area contributed by atoms with Crippen molar-refractivity contribution in [2.75, 3.05) is 7.11 Å². The van der Waals surface area contributed by atoms with Crippen LogP contribution in [-0.2, 0) is 13.0 Å². The van der Waals surface area contributed by atoms with Crippen LogP contribution < -0.4 is 10.5 Å². The molecule has 27 heavy (non-hydrogen) atoms. The zero-order valence-electron chi connectivity index (χ0n) is 15.9.